The second-order valence-corrected chi connectivity index (χ2v) is 5.50. The average molecular weight is 359 g/mol. The summed E-state index contributed by atoms with van der Waals surface area (Å²) in [6.07, 6.45) is 0.668. The SMILES string of the molecule is CCC(CO)Nc1nc(Nc2ccc(O)c(C(=O)O)c2)c2nn[nH]c2n1. The van der Waals surface area contributed by atoms with Crippen molar-refractivity contribution in [2.45, 2.75) is 19.4 Å². The number of nitrogens with one attached hydrogen (secondary N) is 3. The first kappa shape index (κ1) is 17.4. The Bertz CT molecular complexity index is 939. The molecule has 2 aromatic heterocycles. The molecule has 11 nitrogen and oxygen atoms in total. The van der Waals surface area contributed by atoms with Crippen molar-refractivity contribution in [1.29, 1.82) is 0 Å². The highest BCUT2D eigenvalue weighted by molar-refractivity contribution is 5.93. The second kappa shape index (κ2) is 7.19. The number of aromatic amines is 1. The number of nitrogens with zero attached hydrogens (tertiary/aromatic N) is 4. The summed E-state index contributed by atoms with van der Waals surface area (Å²) in [7, 11) is 0. The molecule has 2 heterocycles. The predicted octanol–water partition coefficient (Wildman–Crippen LogP) is 1.08. The van der Waals surface area contributed by atoms with E-state index in [1.54, 1.807) is 0 Å². The van der Waals surface area contributed by atoms with Crippen LogP contribution in [0.2, 0.25) is 0 Å². The lowest BCUT2D eigenvalue weighted by atomic mass is 10.2. The highest BCUT2D eigenvalue weighted by Gasteiger charge is 2.15. The van der Waals surface area contributed by atoms with Crippen LogP contribution in [0, 0.1) is 0 Å². The van der Waals surface area contributed by atoms with Gasteiger partial charge in [0.15, 0.2) is 17.0 Å². The molecule has 0 bridgehead atoms. The van der Waals surface area contributed by atoms with Gasteiger partial charge in [-0.15, -0.1) is 5.10 Å². The fourth-order valence-corrected chi connectivity index (χ4v) is 2.28. The Morgan fingerprint density at radius 2 is 2.15 bits per heavy atom. The fraction of sp³-hybridized carbons (Fsp3) is 0.267. The molecule has 3 aromatic rings. The minimum absolute atomic E-state index is 0.0815. The highest BCUT2D eigenvalue weighted by Crippen LogP contribution is 2.26. The lowest BCUT2D eigenvalue weighted by Crippen LogP contribution is -2.24. The minimum atomic E-state index is -1.25. The van der Waals surface area contributed by atoms with Gasteiger partial charge in [-0.3, -0.25) is 0 Å². The number of aliphatic hydroxyl groups excluding tert-OH is 1. The number of aromatic hydroxyl groups is 1. The first-order valence-electron chi connectivity index (χ1n) is 7.81. The molecule has 0 aliphatic heterocycles. The number of H-pyrrole nitrogens is 1. The van der Waals surface area contributed by atoms with E-state index in [4.69, 9.17) is 5.11 Å². The number of rotatable bonds is 7. The van der Waals surface area contributed by atoms with Gasteiger partial charge < -0.3 is 26.0 Å². The van der Waals surface area contributed by atoms with Gasteiger partial charge in [0.25, 0.3) is 0 Å². The zero-order chi connectivity index (χ0) is 18.7. The molecule has 0 radical (unpaired) electrons. The summed E-state index contributed by atoms with van der Waals surface area (Å²) in [4.78, 5) is 19.7. The van der Waals surface area contributed by atoms with Crippen LogP contribution in [0.25, 0.3) is 11.2 Å². The number of aliphatic hydroxyl groups is 1. The van der Waals surface area contributed by atoms with Gasteiger partial charge >= 0.3 is 5.97 Å². The topological polar surface area (TPSA) is 169 Å². The number of anilines is 3. The number of carboxylic acid groups (broad SMARTS) is 1. The van der Waals surface area contributed by atoms with Gasteiger partial charge in [0.05, 0.1) is 12.6 Å². The van der Waals surface area contributed by atoms with Gasteiger partial charge in [-0.1, -0.05) is 12.1 Å². The molecule has 11 heteroatoms. The molecule has 0 spiro atoms. The molecule has 0 aliphatic carbocycles. The molecule has 1 unspecified atom stereocenters. The van der Waals surface area contributed by atoms with Gasteiger partial charge in [-0.2, -0.15) is 9.97 Å². The second-order valence-electron chi connectivity index (χ2n) is 5.50. The Labute approximate surface area is 147 Å². The van der Waals surface area contributed by atoms with Gasteiger partial charge in [0.1, 0.15) is 11.3 Å². The van der Waals surface area contributed by atoms with Crippen molar-refractivity contribution in [3.05, 3.63) is 23.8 Å². The highest BCUT2D eigenvalue weighted by atomic mass is 16.4. The molecule has 1 aromatic carbocycles. The van der Waals surface area contributed by atoms with Gasteiger partial charge in [0, 0.05) is 5.69 Å². The first-order chi connectivity index (χ1) is 12.5. The number of phenols is 1. The van der Waals surface area contributed by atoms with Crippen molar-refractivity contribution in [2.24, 2.45) is 0 Å². The quantitative estimate of drug-likeness (QED) is 0.335. The Kier molecular flexibility index (Phi) is 4.80. The van der Waals surface area contributed by atoms with Gasteiger partial charge in [-0.05, 0) is 24.6 Å². The molecular weight excluding hydrogens is 342 g/mol. The molecule has 0 aliphatic rings. The van der Waals surface area contributed by atoms with E-state index in [1.807, 2.05) is 6.92 Å². The molecule has 136 valence electrons. The fourth-order valence-electron chi connectivity index (χ4n) is 2.28. The van der Waals surface area contributed by atoms with E-state index in [-0.39, 0.29) is 29.9 Å². The number of aromatic carboxylic acids is 1. The lowest BCUT2D eigenvalue weighted by Gasteiger charge is -2.15. The largest absolute Gasteiger partial charge is 0.507 e. The molecule has 0 fully saturated rings. The van der Waals surface area contributed by atoms with E-state index in [9.17, 15) is 15.0 Å². The zero-order valence-corrected chi connectivity index (χ0v) is 13.8. The van der Waals surface area contributed by atoms with E-state index >= 15 is 0 Å². The number of fused-ring (bicyclic) bond motifs is 1. The normalized spacial score (nSPS) is 12.1. The Balaban J connectivity index is 1.97. The first-order valence-corrected chi connectivity index (χ1v) is 7.81. The predicted molar refractivity (Wildman–Crippen MR) is 92.6 cm³/mol. The van der Waals surface area contributed by atoms with Gasteiger partial charge in [-0.25, -0.2) is 9.89 Å². The number of hydrogen-bond donors (Lipinski definition) is 6. The van der Waals surface area contributed by atoms with E-state index in [2.05, 4.69) is 36.0 Å². The van der Waals surface area contributed by atoms with Crippen molar-refractivity contribution in [1.82, 2.24) is 25.4 Å². The maximum atomic E-state index is 11.2. The third-order valence-electron chi connectivity index (χ3n) is 3.73. The summed E-state index contributed by atoms with van der Waals surface area (Å²) >= 11 is 0. The minimum Gasteiger partial charge on any atom is -0.507 e. The lowest BCUT2D eigenvalue weighted by molar-refractivity contribution is 0.0694. The summed E-state index contributed by atoms with van der Waals surface area (Å²) in [5.74, 6) is -1.05. The third kappa shape index (κ3) is 3.47. The van der Waals surface area contributed by atoms with E-state index in [0.717, 1.165) is 0 Å². The number of aromatic nitrogens is 5. The van der Waals surface area contributed by atoms with Crippen LogP contribution in [0.3, 0.4) is 0 Å². The van der Waals surface area contributed by atoms with Crippen molar-refractivity contribution in [2.75, 3.05) is 17.2 Å². The van der Waals surface area contributed by atoms with Crippen LogP contribution in [-0.2, 0) is 0 Å². The van der Waals surface area contributed by atoms with E-state index in [1.165, 1.54) is 18.2 Å². The number of carboxylic acids is 1. The summed E-state index contributed by atoms with van der Waals surface area (Å²) < 4.78 is 0. The molecule has 0 saturated carbocycles. The standard InChI is InChI=1S/C15H17N7O4/c1-2-7(6-23)17-15-18-12(11-13(19-15)21-22-20-11)16-8-3-4-10(24)9(5-8)14(25)26/h3-5,7,23-24H,2,6H2,1H3,(H,25,26)(H3,16,17,18,19,20,21,22). The molecule has 3 rings (SSSR count). The van der Waals surface area contributed by atoms with Crippen LogP contribution in [0.15, 0.2) is 18.2 Å². The zero-order valence-electron chi connectivity index (χ0n) is 13.8. The third-order valence-corrected chi connectivity index (χ3v) is 3.73. The molecule has 0 saturated heterocycles. The van der Waals surface area contributed by atoms with Gasteiger partial charge in [0.2, 0.25) is 5.95 Å². The molecule has 6 N–H and O–H groups in total. The average Bonchev–Trinajstić information content (AvgIpc) is 3.10. The summed E-state index contributed by atoms with van der Waals surface area (Å²) in [5, 5.41) is 44.3. The number of hydrogen-bond acceptors (Lipinski definition) is 9. The van der Waals surface area contributed by atoms with Crippen LogP contribution in [0.1, 0.15) is 23.7 Å². The Morgan fingerprint density at radius 1 is 1.35 bits per heavy atom. The maximum Gasteiger partial charge on any atom is 0.339 e. The smallest absolute Gasteiger partial charge is 0.339 e. The van der Waals surface area contributed by atoms with Crippen molar-refractivity contribution in [3.8, 4) is 5.75 Å². The van der Waals surface area contributed by atoms with Crippen molar-refractivity contribution < 1.29 is 20.1 Å². The van der Waals surface area contributed by atoms with Crippen molar-refractivity contribution in [3.63, 3.8) is 0 Å². The maximum absolute atomic E-state index is 11.2. The summed E-state index contributed by atoms with van der Waals surface area (Å²) in [6, 6.07) is 3.83. The monoisotopic (exact) mass is 359 g/mol. The molecule has 26 heavy (non-hydrogen) atoms. The van der Waals surface area contributed by atoms with E-state index < -0.39 is 5.97 Å². The Morgan fingerprint density at radius 3 is 2.85 bits per heavy atom. The summed E-state index contributed by atoms with van der Waals surface area (Å²) in [6.45, 7) is 1.83. The molecule has 1 atom stereocenters. The number of benzene rings is 1. The van der Waals surface area contributed by atoms with E-state index in [0.29, 0.717) is 29.1 Å². The summed E-state index contributed by atoms with van der Waals surface area (Å²) in [5.41, 5.74) is 0.876. The Hall–Kier alpha value is -3.47. The van der Waals surface area contributed by atoms with Crippen LogP contribution in [0.4, 0.5) is 17.5 Å². The molecule has 0 amide bonds. The van der Waals surface area contributed by atoms with Crippen LogP contribution in [0.5, 0.6) is 5.75 Å². The number of carbonyl (C=O) groups is 1. The molecular formula is C15H17N7O4. The van der Waals surface area contributed by atoms with Crippen LogP contribution < -0.4 is 10.6 Å². The van der Waals surface area contributed by atoms with Crippen molar-refractivity contribution >= 4 is 34.6 Å². The van der Waals surface area contributed by atoms with Crippen LogP contribution >= 0.6 is 0 Å². The van der Waals surface area contributed by atoms with Crippen LogP contribution in [-0.4, -0.2) is 59.3 Å².